The third-order valence-corrected chi connectivity index (χ3v) is 6.09. The standard InChI is InChI=1S/C18H19NO5S/c1-2-24-15-7-9-16(10-8-15)25(22,23)19-12-14-6-4-3-5-13(14)11-17(19)18(20)21/h3-10,17H,2,11-12H2,1H3,(H,20,21)/p-1. The first-order chi connectivity index (χ1) is 11.9. The molecule has 1 aliphatic heterocycles. The Morgan fingerprint density at radius 1 is 1.16 bits per heavy atom. The number of nitrogens with zero attached hydrogens (tertiary/aromatic N) is 1. The van der Waals surface area contributed by atoms with Gasteiger partial charge >= 0.3 is 0 Å². The number of fused-ring (bicyclic) bond motifs is 1. The summed E-state index contributed by atoms with van der Waals surface area (Å²) in [6.07, 6.45) is 0.0920. The fourth-order valence-electron chi connectivity index (χ4n) is 2.96. The lowest BCUT2D eigenvalue weighted by molar-refractivity contribution is -0.310. The number of hydrogen-bond acceptors (Lipinski definition) is 5. The number of benzene rings is 2. The number of sulfonamides is 1. The summed E-state index contributed by atoms with van der Waals surface area (Å²) in [6.45, 7) is 2.31. The van der Waals surface area contributed by atoms with E-state index in [9.17, 15) is 18.3 Å². The number of ether oxygens (including phenoxy) is 1. The molecule has 2 aromatic rings. The number of aliphatic carboxylic acids is 1. The van der Waals surface area contributed by atoms with Crippen molar-refractivity contribution in [2.75, 3.05) is 6.61 Å². The van der Waals surface area contributed by atoms with Gasteiger partial charge in [-0.2, -0.15) is 4.31 Å². The van der Waals surface area contributed by atoms with Crippen molar-refractivity contribution in [3.63, 3.8) is 0 Å². The zero-order valence-electron chi connectivity index (χ0n) is 13.7. The Hall–Kier alpha value is -2.38. The fourth-order valence-corrected chi connectivity index (χ4v) is 4.52. The van der Waals surface area contributed by atoms with E-state index in [0.717, 1.165) is 15.4 Å². The van der Waals surface area contributed by atoms with E-state index in [1.165, 1.54) is 12.1 Å². The molecule has 0 fully saturated rings. The van der Waals surface area contributed by atoms with Crippen LogP contribution in [0.25, 0.3) is 0 Å². The van der Waals surface area contributed by atoms with Gasteiger partial charge in [-0.15, -0.1) is 0 Å². The lowest BCUT2D eigenvalue weighted by atomic mass is 9.96. The lowest BCUT2D eigenvalue weighted by Gasteiger charge is -2.36. The van der Waals surface area contributed by atoms with E-state index < -0.39 is 22.0 Å². The van der Waals surface area contributed by atoms with Gasteiger partial charge in [0, 0.05) is 6.54 Å². The lowest BCUT2D eigenvalue weighted by Crippen LogP contribution is -2.53. The smallest absolute Gasteiger partial charge is 0.243 e. The van der Waals surface area contributed by atoms with Crippen LogP contribution in [0.2, 0.25) is 0 Å². The molecule has 0 spiro atoms. The van der Waals surface area contributed by atoms with E-state index in [4.69, 9.17) is 4.74 Å². The molecule has 0 aromatic heterocycles. The van der Waals surface area contributed by atoms with Gasteiger partial charge in [-0.05, 0) is 48.7 Å². The van der Waals surface area contributed by atoms with Crippen molar-refractivity contribution in [2.45, 2.75) is 30.8 Å². The van der Waals surface area contributed by atoms with Crippen LogP contribution in [0.15, 0.2) is 53.4 Å². The van der Waals surface area contributed by atoms with Gasteiger partial charge in [-0.1, -0.05) is 24.3 Å². The first-order valence-electron chi connectivity index (χ1n) is 7.96. The number of carbonyl (C=O) groups excluding carboxylic acids is 1. The molecule has 0 aliphatic carbocycles. The van der Waals surface area contributed by atoms with Crippen molar-refractivity contribution in [2.24, 2.45) is 0 Å². The van der Waals surface area contributed by atoms with Crippen LogP contribution in [-0.2, 0) is 27.8 Å². The summed E-state index contributed by atoms with van der Waals surface area (Å²) in [5, 5.41) is 11.6. The summed E-state index contributed by atoms with van der Waals surface area (Å²) in [6, 6.07) is 12.0. The molecule has 7 heteroatoms. The van der Waals surface area contributed by atoms with E-state index in [-0.39, 0.29) is 17.9 Å². The molecule has 132 valence electrons. The quantitative estimate of drug-likeness (QED) is 0.792. The molecule has 0 amide bonds. The van der Waals surface area contributed by atoms with E-state index in [1.54, 1.807) is 18.2 Å². The van der Waals surface area contributed by atoms with Gasteiger partial charge in [0.05, 0.1) is 23.5 Å². The molecule has 0 bridgehead atoms. The summed E-state index contributed by atoms with van der Waals surface area (Å²) < 4.78 is 32.3. The number of carboxylic acid groups (broad SMARTS) is 1. The Balaban J connectivity index is 1.98. The molecule has 0 radical (unpaired) electrons. The summed E-state index contributed by atoms with van der Waals surface area (Å²) in [7, 11) is -3.97. The number of hydrogen-bond donors (Lipinski definition) is 0. The zero-order valence-corrected chi connectivity index (χ0v) is 14.5. The van der Waals surface area contributed by atoms with E-state index in [1.807, 2.05) is 25.1 Å². The van der Waals surface area contributed by atoms with Crippen LogP contribution in [0.4, 0.5) is 0 Å². The molecule has 0 N–H and O–H groups in total. The normalized spacial score (nSPS) is 17.7. The molecular weight excluding hydrogens is 342 g/mol. The summed E-state index contributed by atoms with van der Waals surface area (Å²) in [5.41, 5.74) is 1.63. The molecule has 1 atom stereocenters. The highest BCUT2D eigenvalue weighted by molar-refractivity contribution is 7.89. The van der Waals surface area contributed by atoms with Crippen molar-refractivity contribution >= 4 is 16.0 Å². The van der Waals surface area contributed by atoms with Gasteiger partial charge in [0.1, 0.15) is 5.75 Å². The third kappa shape index (κ3) is 3.38. The average Bonchev–Trinajstić information content (AvgIpc) is 2.61. The van der Waals surface area contributed by atoms with Crippen LogP contribution in [0, 0.1) is 0 Å². The number of carboxylic acids is 1. The van der Waals surface area contributed by atoms with Crippen LogP contribution in [0.3, 0.4) is 0 Å². The molecule has 1 aliphatic rings. The van der Waals surface area contributed by atoms with E-state index in [0.29, 0.717) is 12.4 Å². The van der Waals surface area contributed by atoms with Gasteiger partial charge in [-0.25, -0.2) is 8.42 Å². The maximum absolute atomic E-state index is 13.0. The Labute approximate surface area is 146 Å². The Kier molecular flexibility index (Phi) is 4.78. The molecular formula is C18H18NO5S-. The van der Waals surface area contributed by atoms with Crippen molar-refractivity contribution in [1.82, 2.24) is 4.31 Å². The molecule has 3 rings (SSSR count). The van der Waals surface area contributed by atoms with Gasteiger partial charge in [-0.3, -0.25) is 0 Å². The van der Waals surface area contributed by atoms with Crippen LogP contribution >= 0.6 is 0 Å². The summed E-state index contributed by atoms with van der Waals surface area (Å²) in [5.74, 6) is -0.842. The fraction of sp³-hybridized carbons (Fsp3) is 0.278. The molecule has 6 nitrogen and oxygen atoms in total. The largest absolute Gasteiger partial charge is 0.548 e. The summed E-state index contributed by atoms with van der Waals surface area (Å²) in [4.78, 5) is 11.6. The Morgan fingerprint density at radius 3 is 2.40 bits per heavy atom. The van der Waals surface area contributed by atoms with Crippen LogP contribution in [0.1, 0.15) is 18.1 Å². The molecule has 25 heavy (non-hydrogen) atoms. The van der Waals surface area contributed by atoms with Gasteiger partial charge in [0.25, 0.3) is 0 Å². The number of rotatable bonds is 5. The Morgan fingerprint density at radius 2 is 1.80 bits per heavy atom. The van der Waals surface area contributed by atoms with Gasteiger partial charge in [0.2, 0.25) is 10.0 Å². The molecule has 0 saturated carbocycles. The third-order valence-electron chi connectivity index (χ3n) is 4.22. The molecule has 1 heterocycles. The van der Waals surface area contributed by atoms with Crippen molar-refractivity contribution in [3.05, 3.63) is 59.7 Å². The highest BCUT2D eigenvalue weighted by atomic mass is 32.2. The second-order valence-electron chi connectivity index (χ2n) is 5.76. The van der Waals surface area contributed by atoms with Crippen LogP contribution < -0.4 is 9.84 Å². The second-order valence-corrected chi connectivity index (χ2v) is 7.65. The SMILES string of the molecule is CCOc1ccc(S(=O)(=O)N2Cc3ccccc3CC2C(=O)[O-])cc1. The van der Waals surface area contributed by atoms with Gasteiger partial charge < -0.3 is 14.6 Å². The van der Waals surface area contributed by atoms with Crippen LogP contribution in [0.5, 0.6) is 5.75 Å². The van der Waals surface area contributed by atoms with Crippen molar-refractivity contribution < 1.29 is 23.1 Å². The first kappa shape index (κ1) is 17.4. The van der Waals surface area contributed by atoms with Gasteiger partial charge in [0.15, 0.2) is 0 Å². The molecule has 2 aromatic carbocycles. The highest BCUT2D eigenvalue weighted by Gasteiger charge is 2.36. The molecule has 1 unspecified atom stereocenters. The van der Waals surface area contributed by atoms with Crippen molar-refractivity contribution in [1.29, 1.82) is 0 Å². The molecule has 0 saturated heterocycles. The predicted molar refractivity (Wildman–Crippen MR) is 89.3 cm³/mol. The minimum absolute atomic E-state index is 0.00433. The topological polar surface area (TPSA) is 86.7 Å². The second kappa shape index (κ2) is 6.85. The summed E-state index contributed by atoms with van der Waals surface area (Å²) >= 11 is 0. The Bertz CT molecular complexity index is 877. The highest BCUT2D eigenvalue weighted by Crippen LogP contribution is 2.29. The van der Waals surface area contributed by atoms with Crippen LogP contribution in [-0.4, -0.2) is 31.3 Å². The van der Waals surface area contributed by atoms with E-state index >= 15 is 0 Å². The monoisotopic (exact) mass is 360 g/mol. The average molecular weight is 360 g/mol. The minimum Gasteiger partial charge on any atom is -0.548 e. The first-order valence-corrected chi connectivity index (χ1v) is 9.40. The predicted octanol–water partition coefficient (Wildman–Crippen LogP) is 0.951. The maximum Gasteiger partial charge on any atom is 0.243 e. The minimum atomic E-state index is -3.97. The van der Waals surface area contributed by atoms with E-state index in [2.05, 4.69) is 0 Å². The van der Waals surface area contributed by atoms with Crippen molar-refractivity contribution in [3.8, 4) is 5.75 Å². The zero-order chi connectivity index (χ0) is 18.0. The number of carbonyl (C=O) groups is 1. The maximum atomic E-state index is 13.0.